The molecule has 3 aromatic rings. The molecule has 1 N–H and O–H groups in total. The van der Waals surface area contributed by atoms with Crippen LogP contribution in [0.2, 0.25) is 0 Å². The highest BCUT2D eigenvalue weighted by Crippen LogP contribution is 2.17. The third kappa shape index (κ3) is 6.58. The highest BCUT2D eigenvalue weighted by molar-refractivity contribution is 5.88. The van der Waals surface area contributed by atoms with Gasteiger partial charge in [-0.15, -0.1) is 0 Å². The monoisotopic (exact) mass is 386 g/mol. The third-order valence-electron chi connectivity index (χ3n) is 5.04. The van der Waals surface area contributed by atoms with Crippen molar-refractivity contribution in [2.75, 3.05) is 5.32 Å². The molecule has 0 aromatic heterocycles. The van der Waals surface area contributed by atoms with Crippen molar-refractivity contribution < 1.29 is 4.79 Å². The Morgan fingerprint density at radius 2 is 1.14 bits per heavy atom. The fourth-order valence-electron chi connectivity index (χ4n) is 3.41. The van der Waals surface area contributed by atoms with E-state index in [0.717, 1.165) is 31.7 Å². The molecule has 0 saturated heterocycles. The maximum absolute atomic E-state index is 11.2. The maximum Gasteiger partial charge on any atom is 0.221 e. The van der Waals surface area contributed by atoms with Gasteiger partial charge in [-0.25, -0.2) is 0 Å². The lowest BCUT2D eigenvalue weighted by Gasteiger charge is -2.23. The van der Waals surface area contributed by atoms with E-state index in [1.807, 2.05) is 12.1 Å². The van der Waals surface area contributed by atoms with Gasteiger partial charge in [0.15, 0.2) is 0 Å². The van der Waals surface area contributed by atoms with E-state index in [0.29, 0.717) is 0 Å². The van der Waals surface area contributed by atoms with Gasteiger partial charge < -0.3 is 5.32 Å². The molecule has 0 atom stereocenters. The normalized spacial score (nSPS) is 10.9. The highest BCUT2D eigenvalue weighted by atomic mass is 16.1. The van der Waals surface area contributed by atoms with E-state index in [9.17, 15) is 4.79 Å². The van der Waals surface area contributed by atoms with Crippen molar-refractivity contribution in [1.29, 1.82) is 0 Å². The maximum atomic E-state index is 11.2. The average Bonchev–Trinajstić information content (AvgIpc) is 2.71. The van der Waals surface area contributed by atoms with Crippen LogP contribution in [0, 0.1) is 6.92 Å². The second-order valence-corrected chi connectivity index (χ2v) is 7.68. The molecule has 29 heavy (non-hydrogen) atoms. The van der Waals surface area contributed by atoms with Crippen molar-refractivity contribution in [2.24, 2.45) is 0 Å². The molecule has 150 valence electrons. The van der Waals surface area contributed by atoms with Crippen LogP contribution in [-0.4, -0.2) is 10.8 Å². The van der Waals surface area contributed by atoms with Gasteiger partial charge in [0, 0.05) is 32.2 Å². The Morgan fingerprint density at radius 1 is 0.724 bits per heavy atom. The zero-order valence-corrected chi connectivity index (χ0v) is 17.6. The summed E-state index contributed by atoms with van der Waals surface area (Å²) in [4.78, 5) is 13.7. The molecule has 3 aromatic carbocycles. The lowest BCUT2D eigenvalue weighted by atomic mass is 10.1. The fourth-order valence-corrected chi connectivity index (χ4v) is 3.41. The van der Waals surface area contributed by atoms with Crippen molar-refractivity contribution >= 4 is 11.6 Å². The number of carbonyl (C=O) groups is 1. The lowest BCUT2D eigenvalue weighted by Crippen LogP contribution is -2.22. The van der Waals surface area contributed by atoms with Crippen LogP contribution in [0.3, 0.4) is 0 Å². The van der Waals surface area contributed by atoms with Gasteiger partial charge in [0.1, 0.15) is 0 Å². The molecule has 0 heterocycles. The van der Waals surface area contributed by atoms with Crippen LogP contribution < -0.4 is 5.32 Å². The third-order valence-corrected chi connectivity index (χ3v) is 5.04. The van der Waals surface area contributed by atoms with Crippen LogP contribution in [0.15, 0.2) is 72.8 Å². The van der Waals surface area contributed by atoms with Crippen molar-refractivity contribution in [2.45, 2.75) is 46.8 Å². The Labute approximate surface area is 174 Å². The van der Waals surface area contributed by atoms with Crippen LogP contribution in [0.25, 0.3) is 0 Å². The molecule has 0 unspecified atom stereocenters. The summed E-state index contributed by atoms with van der Waals surface area (Å²) < 4.78 is 0. The number of amides is 1. The first-order valence-electron chi connectivity index (χ1n) is 10.2. The van der Waals surface area contributed by atoms with Crippen molar-refractivity contribution in [3.8, 4) is 0 Å². The number of nitrogens with zero attached hydrogens (tertiary/aromatic N) is 1. The summed E-state index contributed by atoms with van der Waals surface area (Å²) in [6.45, 7) is 8.47. The number of aryl methyl sites for hydroxylation is 2. The second kappa shape index (κ2) is 10.0. The summed E-state index contributed by atoms with van der Waals surface area (Å²) in [5.74, 6) is -0.0470. The number of carbonyl (C=O) groups excluding carboxylic acids is 1. The van der Waals surface area contributed by atoms with E-state index in [4.69, 9.17) is 0 Å². The Balaban J connectivity index is 1.75. The zero-order chi connectivity index (χ0) is 20.6. The summed E-state index contributed by atoms with van der Waals surface area (Å²) >= 11 is 0. The zero-order valence-electron chi connectivity index (χ0n) is 17.6. The Hall–Kier alpha value is -2.91. The minimum absolute atomic E-state index is 0.0470. The molecule has 0 saturated carbocycles. The number of benzene rings is 3. The summed E-state index contributed by atoms with van der Waals surface area (Å²) in [7, 11) is 0. The fraction of sp³-hybridized carbons (Fsp3) is 0.269. The molecule has 0 fully saturated rings. The second-order valence-electron chi connectivity index (χ2n) is 7.68. The smallest absolute Gasteiger partial charge is 0.221 e. The largest absolute Gasteiger partial charge is 0.326 e. The van der Waals surface area contributed by atoms with E-state index >= 15 is 0 Å². The van der Waals surface area contributed by atoms with E-state index in [1.165, 1.54) is 34.7 Å². The van der Waals surface area contributed by atoms with Gasteiger partial charge in [0.2, 0.25) is 5.91 Å². The van der Waals surface area contributed by atoms with Gasteiger partial charge in [0.25, 0.3) is 0 Å². The molecule has 3 nitrogen and oxygen atoms in total. The molecule has 0 aliphatic rings. The Kier molecular flexibility index (Phi) is 7.20. The highest BCUT2D eigenvalue weighted by Gasteiger charge is 2.09. The minimum atomic E-state index is -0.0470. The molecule has 0 aliphatic heterocycles. The topological polar surface area (TPSA) is 32.3 Å². The van der Waals surface area contributed by atoms with Gasteiger partial charge in [-0.2, -0.15) is 0 Å². The van der Waals surface area contributed by atoms with E-state index < -0.39 is 0 Å². The summed E-state index contributed by atoms with van der Waals surface area (Å²) in [5, 5.41) is 2.83. The standard InChI is InChI=1S/C26H30N2O/c1-4-22-9-11-24(12-10-22)18-28(17-23-7-5-20(2)6-8-23)19-25-13-15-26(16-14-25)27-21(3)29/h5-16H,4,17-19H2,1-3H3,(H,27,29). The van der Waals surface area contributed by atoms with E-state index in [1.54, 1.807) is 0 Å². The molecular weight excluding hydrogens is 356 g/mol. The van der Waals surface area contributed by atoms with Gasteiger partial charge in [-0.05, 0) is 47.7 Å². The van der Waals surface area contributed by atoms with Crippen LogP contribution in [0.5, 0.6) is 0 Å². The molecule has 0 aliphatic carbocycles. The molecule has 0 radical (unpaired) electrons. The van der Waals surface area contributed by atoms with Gasteiger partial charge in [-0.1, -0.05) is 73.2 Å². The summed E-state index contributed by atoms with van der Waals surface area (Å²) in [6, 6.07) is 25.8. The number of rotatable bonds is 8. The first-order chi connectivity index (χ1) is 14.0. The summed E-state index contributed by atoms with van der Waals surface area (Å²) in [6.07, 6.45) is 1.06. The Morgan fingerprint density at radius 3 is 1.59 bits per heavy atom. The van der Waals surface area contributed by atoms with Gasteiger partial charge in [0.05, 0.1) is 0 Å². The number of nitrogens with one attached hydrogen (secondary N) is 1. The quantitative estimate of drug-likeness (QED) is 0.537. The Bertz CT molecular complexity index is 912. The minimum Gasteiger partial charge on any atom is -0.326 e. The number of hydrogen-bond acceptors (Lipinski definition) is 2. The lowest BCUT2D eigenvalue weighted by molar-refractivity contribution is -0.114. The molecule has 3 heteroatoms. The van der Waals surface area contributed by atoms with Gasteiger partial charge in [-0.3, -0.25) is 9.69 Å². The predicted octanol–water partition coefficient (Wildman–Crippen LogP) is 5.72. The van der Waals surface area contributed by atoms with Gasteiger partial charge >= 0.3 is 0 Å². The number of hydrogen-bond donors (Lipinski definition) is 1. The molecular formula is C26H30N2O. The average molecular weight is 387 g/mol. The predicted molar refractivity (Wildman–Crippen MR) is 121 cm³/mol. The van der Waals surface area contributed by atoms with E-state index in [-0.39, 0.29) is 5.91 Å². The molecule has 0 bridgehead atoms. The number of anilines is 1. The molecule has 0 spiro atoms. The SMILES string of the molecule is CCc1ccc(CN(Cc2ccc(C)cc2)Cc2ccc(NC(C)=O)cc2)cc1. The first-order valence-corrected chi connectivity index (χ1v) is 10.2. The van der Waals surface area contributed by atoms with Crippen molar-refractivity contribution in [3.05, 3.63) is 101 Å². The van der Waals surface area contributed by atoms with Crippen LogP contribution in [0.4, 0.5) is 5.69 Å². The first kappa shape index (κ1) is 20.8. The van der Waals surface area contributed by atoms with Crippen molar-refractivity contribution in [3.63, 3.8) is 0 Å². The molecule has 3 rings (SSSR count). The van der Waals surface area contributed by atoms with Crippen molar-refractivity contribution in [1.82, 2.24) is 4.90 Å². The van der Waals surface area contributed by atoms with Crippen LogP contribution in [-0.2, 0) is 30.8 Å². The molecule has 1 amide bonds. The van der Waals surface area contributed by atoms with Crippen LogP contribution in [0.1, 0.15) is 41.7 Å². The van der Waals surface area contributed by atoms with Crippen LogP contribution >= 0.6 is 0 Å². The summed E-state index contributed by atoms with van der Waals surface area (Å²) in [5.41, 5.74) is 7.36. The van der Waals surface area contributed by atoms with E-state index in [2.05, 4.69) is 84.7 Å².